The molecule has 8 heteroatoms. The predicted molar refractivity (Wildman–Crippen MR) is 97.3 cm³/mol. The van der Waals surface area contributed by atoms with Crippen LogP contribution in [0.1, 0.15) is 11.5 Å². The van der Waals surface area contributed by atoms with Gasteiger partial charge in [-0.25, -0.2) is 8.42 Å². The molecule has 2 aromatic carbocycles. The van der Waals surface area contributed by atoms with Crippen molar-refractivity contribution in [2.45, 2.75) is 16.1 Å². The molecule has 138 valence electrons. The Morgan fingerprint density at radius 2 is 1.77 bits per heavy atom. The number of halogens is 1. The summed E-state index contributed by atoms with van der Waals surface area (Å²) in [5.74, 6) is -1.36. The average molecular weight is 396 g/mol. The van der Waals surface area contributed by atoms with Crippen molar-refractivity contribution in [2.24, 2.45) is 11.1 Å². The zero-order valence-electron chi connectivity index (χ0n) is 13.9. The van der Waals surface area contributed by atoms with Gasteiger partial charge in [0.25, 0.3) is 0 Å². The molecule has 0 aliphatic heterocycles. The van der Waals surface area contributed by atoms with E-state index < -0.39 is 32.4 Å². The van der Waals surface area contributed by atoms with Crippen LogP contribution in [0.5, 0.6) is 5.75 Å². The minimum atomic E-state index is -3.91. The lowest BCUT2D eigenvalue weighted by atomic mass is 9.99. The largest absolute Gasteiger partial charge is 0.497 e. The third-order valence-corrected chi connectivity index (χ3v) is 7.49. The van der Waals surface area contributed by atoms with Gasteiger partial charge >= 0.3 is 5.97 Å². The maximum absolute atomic E-state index is 13.1. The van der Waals surface area contributed by atoms with E-state index in [9.17, 15) is 18.3 Å². The van der Waals surface area contributed by atoms with E-state index in [-0.39, 0.29) is 11.4 Å². The molecule has 0 saturated heterocycles. The zero-order chi connectivity index (χ0) is 19.1. The molecular formula is C18H18ClNO5S. The second-order valence-corrected chi connectivity index (χ2v) is 8.73. The fraction of sp³-hybridized carbons (Fsp3) is 0.278. The normalized spacial score (nSPS) is 24.9. The number of methoxy groups -OCH3 is 1. The van der Waals surface area contributed by atoms with Crippen LogP contribution in [-0.4, -0.2) is 38.4 Å². The van der Waals surface area contributed by atoms with Crippen LogP contribution in [0.25, 0.3) is 0 Å². The Morgan fingerprint density at radius 3 is 2.23 bits per heavy atom. The quantitative estimate of drug-likeness (QED) is 0.777. The highest BCUT2D eigenvalue weighted by atomic mass is 35.5. The molecule has 1 fully saturated rings. The SMILES string of the molecule is COc1ccc([C@@H]2[C@@H](S(=O)(=O)c3ccc(Cl)cc3)[C@@]2(CN)C(=O)O)cc1. The number of carboxylic acid groups (broad SMARTS) is 1. The summed E-state index contributed by atoms with van der Waals surface area (Å²) in [6, 6.07) is 12.4. The number of rotatable bonds is 6. The van der Waals surface area contributed by atoms with E-state index in [0.717, 1.165) is 0 Å². The Labute approximate surface area is 156 Å². The first-order valence-corrected chi connectivity index (χ1v) is 9.78. The molecule has 6 nitrogen and oxygen atoms in total. The summed E-state index contributed by atoms with van der Waals surface area (Å²) in [6.07, 6.45) is 0. The second kappa shape index (κ2) is 6.57. The van der Waals surface area contributed by atoms with Gasteiger partial charge in [-0.1, -0.05) is 23.7 Å². The summed E-state index contributed by atoms with van der Waals surface area (Å²) in [5, 5.41) is 9.02. The monoisotopic (exact) mass is 395 g/mol. The number of sulfone groups is 1. The number of carboxylic acids is 1. The lowest BCUT2D eigenvalue weighted by Gasteiger charge is -2.10. The van der Waals surface area contributed by atoms with Crippen molar-refractivity contribution in [3.63, 3.8) is 0 Å². The van der Waals surface area contributed by atoms with Crippen molar-refractivity contribution in [1.29, 1.82) is 0 Å². The van der Waals surface area contributed by atoms with Gasteiger partial charge in [-0.05, 0) is 42.0 Å². The standard InChI is InChI=1S/C18H18ClNO5S/c1-25-13-6-2-11(3-7-13)15-16(18(15,10-20)17(21)22)26(23,24)14-8-4-12(19)5-9-14/h2-9,15-16H,10,20H2,1H3,(H,21,22)/t15-,16-,18+/m1/s1. The summed E-state index contributed by atoms with van der Waals surface area (Å²) in [5.41, 5.74) is 4.79. The van der Waals surface area contributed by atoms with E-state index in [1.807, 2.05) is 0 Å². The molecule has 3 N–H and O–H groups in total. The molecule has 2 aromatic rings. The number of aliphatic carboxylic acids is 1. The number of hydrogen-bond acceptors (Lipinski definition) is 5. The first-order valence-electron chi connectivity index (χ1n) is 7.86. The van der Waals surface area contributed by atoms with Crippen LogP contribution in [0.2, 0.25) is 5.02 Å². The van der Waals surface area contributed by atoms with Crippen LogP contribution in [0.15, 0.2) is 53.4 Å². The van der Waals surface area contributed by atoms with E-state index in [1.165, 1.54) is 31.4 Å². The second-order valence-electron chi connectivity index (χ2n) is 6.22. The van der Waals surface area contributed by atoms with Gasteiger partial charge in [0.05, 0.1) is 17.3 Å². The third kappa shape index (κ3) is 2.76. The van der Waals surface area contributed by atoms with E-state index in [0.29, 0.717) is 16.3 Å². The summed E-state index contributed by atoms with van der Waals surface area (Å²) in [4.78, 5) is 12.0. The van der Waals surface area contributed by atoms with Gasteiger partial charge < -0.3 is 15.6 Å². The number of ether oxygens (including phenoxy) is 1. The van der Waals surface area contributed by atoms with Crippen molar-refractivity contribution in [1.82, 2.24) is 0 Å². The molecule has 1 saturated carbocycles. The van der Waals surface area contributed by atoms with Gasteiger partial charge in [-0.3, -0.25) is 4.79 Å². The number of hydrogen-bond donors (Lipinski definition) is 2. The Kier molecular flexibility index (Phi) is 4.72. The van der Waals surface area contributed by atoms with Crippen molar-refractivity contribution in [3.8, 4) is 5.75 Å². The van der Waals surface area contributed by atoms with Crippen LogP contribution in [0, 0.1) is 5.41 Å². The van der Waals surface area contributed by atoms with E-state index in [2.05, 4.69) is 0 Å². The van der Waals surface area contributed by atoms with Crippen molar-refractivity contribution < 1.29 is 23.1 Å². The lowest BCUT2D eigenvalue weighted by Crippen LogP contribution is -2.31. The van der Waals surface area contributed by atoms with Gasteiger partial charge in [0, 0.05) is 17.5 Å². The first-order chi connectivity index (χ1) is 12.3. The van der Waals surface area contributed by atoms with Crippen LogP contribution in [0.3, 0.4) is 0 Å². The molecule has 0 aromatic heterocycles. The molecule has 0 unspecified atom stereocenters. The van der Waals surface area contributed by atoms with Gasteiger partial charge in [0.15, 0.2) is 9.84 Å². The van der Waals surface area contributed by atoms with Crippen LogP contribution in [0.4, 0.5) is 0 Å². The molecule has 26 heavy (non-hydrogen) atoms. The molecule has 0 bridgehead atoms. The molecular weight excluding hydrogens is 378 g/mol. The highest BCUT2D eigenvalue weighted by Gasteiger charge is 2.75. The van der Waals surface area contributed by atoms with Crippen LogP contribution < -0.4 is 10.5 Å². The first kappa shape index (κ1) is 18.7. The molecule has 1 aliphatic rings. The molecule has 0 heterocycles. The summed E-state index contributed by atoms with van der Waals surface area (Å²) in [6.45, 7) is -0.281. The zero-order valence-corrected chi connectivity index (χ0v) is 15.5. The van der Waals surface area contributed by atoms with Crippen molar-refractivity contribution in [3.05, 3.63) is 59.1 Å². The van der Waals surface area contributed by atoms with Crippen molar-refractivity contribution in [2.75, 3.05) is 13.7 Å². The summed E-state index contributed by atoms with van der Waals surface area (Å²) >= 11 is 5.82. The van der Waals surface area contributed by atoms with Crippen LogP contribution >= 0.6 is 11.6 Å². The maximum Gasteiger partial charge on any atom is 0.312 e. The van der Waals surface area contributed by atoms with E-state index in [1.54, 1.807) is 24.3 Å². The minimum absolute atomic E-state index is 0.0296. The molecule has 1 aliphatic carbocycles. The Bertz CT molecular complexity index is 927. The van der Waals surface area contributed by atoms with Gasteiger partial charge in [-0.15, -0.1) is 0 Å². The fourth-order valence-corrected chi connectivity index (χ4v) is 6.01. The maximum atomic E-state index is 13.1. The predicted octanol–water partition coefficient (Wildman–Crippen LogP) is 2.32. The number of benzene rings is 2. The summed E-state index contributed by atoms with van der Waals surface area (Å²) < 4.78 is 31.3. The average Bonchev–Trinajstić information content (AvgIpc) is 3.34. The van der Waals surface area contributed by atoms with Crippen molar-refractivity contribution >= 4 is 27.4 Å². The Balaban J connectivity index is 2.08. The highest BCUT2D eigenvalue weighted by molar-refractivity contribution is 7.92. The topological polar surface area (TPSA) is 107 Å². The number of carbonyl (C=O) groups is 1. The van der Waals surface area contributed by atoms with Gasteiger partial charge in [-0.2, -0.15) is 0 Å². The molecule has 3 rings (SSSR count). The summed E-state index contributed by atoms with van der Waals surface area (Å²) in [7, 11) is -2.40. The third-order valence-electron chi connectivity index (χ3n) is 4.94. The van der Waals surface area contributed by atoms with Gasteiger partial charge in [0.1, 0.15) is 11.2 Å². The lowest BCUT2D eigenvalue weighted by molar-refractivity contribution is -0.143. The van der Waals surface area contributed by atoms with Crippen LogP contribution in [-0.2, 0) is 14.6 Å². The highest BCUT2D eigenvalue weighted by Crippen LogP contribution is 2.63. The van der Waals surface area contributed by atoms with E-state index in [4.69, 9.17) is 22.1 Å². The van der Waals surface area contributed by atoms with E-state index >= 15 is 0 Å². The number of nitrogens with two attached hydrogens (primary N) is 1. The smallest absolute Gasteiger partial charge is 0.312 e. The van der Waals surface area contributed by atoms with Gasteiger partial charge in [0.2, 0.25) is 0 Å². The molecule has 3 atom stereocenters. The Morgan fingerprint density at radius 1 is 1.19 bits per heavy atom. The molecule has 0 radical (unpaired) electrons. The minimum Gasteiger partial charge on any atom is -0.497 e. The molecule has 0 amide bonds. The molecule has 0 spiro atoms. The Hall–Kier alpha value is -2.09. The fourth-order valence-electron chi connectivity index (χ4n) is 3.50.